The van der Waals surface area contributed by atoms with Crippen LogP contribution in [-0.4, -0.2) is 19.1 Å². The SMILES string of the molecule is Cc1ccc(Cl)c(N2CCNC2=O)c1. The molecule has 2 rings (SSSR count). The van der Waals surface area contributed by atoms with Gasteiger partial charge in [0, 0.05) is 13.1 Å². The lowest BCUT2D eigenvalue weighted by Crippen LogP contribution is -2.27. The molecule has 4 heteroatoms. The highest BCUT2D eigenvalue weighted by Crippen LogP contribution is 2.27. The van der Waals surface area contributed by atoms with E-state index in [2.05, 4.69) is 5.32 Å². The molecule has 1 aromatic rings. The smallest absolute Gasteiger partial charge is 0.322 e. The molecule has 0 bridgehead atoms. The number of amides is 2. The van der Waals surface area contributed by atoms with Gasteiger partial charge in [-0.2, -0.15) is 0 Å². The molecular formula is C10H11ClN2O. The predicted molar refractivity (Wildman–Crippen MR) is 56.9 cm³/mol. The molecule has 1 aliphatic rings. The van der Waals surface area contributed by atoms with Crippen LogP contribution in [0.5, 0.6) is 0 Å². The van der Waals surface area contributed by atoms with Crippen molar-refractivity contribution in [3.8, 4) is 0 Å². The van der Waals surface area contributed by atoms with Gasteiger partial charge in [-0.15, -0.1) is 0 Å². The lowest BCUT2D eigenvalue weighted by Gasteiger charge is -2.16. The zero-order chi connectivity index (χ0) is 10.1. The summed E-state index contributed by atoms with van der Waals surface area (Å²) in [6.45, 7) is 3.35. The average Bonchev–Trinajstić information content (AvgIpc) is 2.56. The molecule has 14 heavy (non-hydrogen) atoms. The Morgan fingerprint density at radius 2 is 2.29 bits per heavy atom. The van der Waals surface area contributed by atoms with Gasteiger partial charge >= 0.3 is 6.03 Å². The summed E-state index contributed by atoms with van der Waals surface area (Å²) in [5.74, 6) is 0. The summed E-state index contributed by atoms with van der Waals surface area (Å²) in [6, 6.07) is 5.60. The second kappa shape index (κ2) is 3.50. The van der Waals surface area contributed by atoms with Gasteiger partial charge in [-0.25, -0.2) is 4.79 Å². The molecule has 1 saturated heterocycles. The number of carbonyl (C=O) groups excluding carboxylic acids is 1. The van der Waals surface area contributed by atoms with E-state index in [1.165, 1.54) is 0 Å². The Labute approximate surface area is 87.7 Å². The lowest BCUT2D eigenvalue weighted by atomic mass is 10.2. The Morgan fingerprint density at radius 1 is 1.50 bits per heavy atom. The van der Waals surface area contributed by atoms with Gasteiger partial charge in [0.1, 0.15) is 0 Å². The van der Waals surface area contributed by atoms with Crippen molar-refractivity contribution in [1.29, 1.82) is 0 Å². The van der Waals surface area contributed by atoms with Crippen LogP contribution in [0, 0.1) is 6.92 Å². The van der Waals surface area contributed by atoms with Crippen LogP contribution in [0.1, 0.15) is 5.56 Å². The lowest BCUT2D eigenvalue weighted by molar-refractivity contribution is 0.252. The van der Waals surface area contributed by atoms with Crippen molar-refractivity contribution in [3.05, 3.63) is 28.8 Å². The first-order valence-electron chi connectivity index (χ1n) is 4.50. The maximum Gasteiger partial charge on any atom is 0.322 e. The molecule has 1 fully saturated rings. The highest BCUT2D eigenvalue weighted by Gasteiger charge is 2.22. The van der Waals surface area contributed by atoms with Crippen LogP contribution in [-0.2, 0) is 0 Å². The summed E-state index contributed by atoms with van der Waals surface area (Å²) in [4.78, 5) is 13.1. The molecule has 1 heterocycles. The number of hydrogen-bond donors (Lipinski definition) is 1. The number of hydrogen-bond acceptors (Lipinski definition) is 1. The van der Waals surface area contributed by atoms with Gasteiger partial charge in [-0.3, -0.25) is 4.90 Å². The number of urea groups is 1. The Bertz CT molecular complexity index is 378. The quantitative estimate of drug-likeness (QED) is 0.757. The molecule has 0 saturated carbocycles. The number of carbonyl (C=O) groups is 1. The average molecular weight is 211 g/mol. The van der Waals surface area contributed by atoms with Crippen molar-refractivity contribution in [3.63, 3.8) is 0 Å². The zero-order valence-corrected chi connectivity index (χ0v) is 8.64. The number of benzene rings is 1. The monoisotopic (exact) mass is 210 g/mol. The fourth-order valence-electron chi connectivity index (χ4n) is 1.53. The molecule has 1 aromatic carbocycles. The Kier molecular flexibility index (Phi) is 2.33. The number of anilines is 1. The first-order chi connectivity index (χ1) is 6.68. The predicted octanol–water partition coefficient (Wildman–Crippen LogP) is 2.18. The summed E-state index contributed by atoms with van der Waals surface area (Å²) in [5.41, 5.74) is 1.89. The molecule has 2 amide bonds. The molecule has 1 aliphatic heterocycles. The van der Waals surface area contributed by atoms with E-state index in [9.17, 15) is 4.79 Å². The molecule has 0 unspecified atom stereocenters. The van der Waals surface area contributed by atoms with Crippen molar-refractivity contribution >= 4 is 23.3 Å². The van der Waals surface area contributed by atoms with E-state index in [-0.39, 0.29) is 6.03 Å². The van der Waals surface area contributed by atoms with Gasteiger partial charge in [-0.1, -0.05) is 17.7 Å². The summed E-state index contributed by atoms with van der Waals surface area (Å²) in [7, 11) is 0. The van der Waals surface area contributed by atoms with Crippen molar-refractivity contribution in [2.24, 2.45) is 0 Å². The molecule has 0 aromatic heterocycles. The molecule has 0 aliphatic carbocycles. The van der Waals surface area contributed by atoms with Gasteiger partial charge in [0.15, 0.2) is 0 Å². The van der Waals surface area contributed by atoms with E-state index in [1.807, 2.05) is 25.1 Å². The minimum atomic E-state index is -0.0718. The number of rotatable bonds is 1. The van der Waals surface area contributed by atoms with E-state index < -0.39 is 0 Å². The van der Waals surface area contributed by atoms with Crippen molar-refractivity contribution in [2.45, 2.75) is 6.92 Å². The highest BCUT2D eigenvalue weighted by atomic mass is 35.5. The zero-order valence-electron chi connectivity index (χ0n) is 7.88. The topological polar surface area (TPSA) is 32.3 Å². The summed E-state index contributed by atoms with van der Waals surface area (Å²) < 4.78 is 0. The molecule has 74 valence electrons. The van der Waals surface area contributed by atoms with E-state index >= 15 is 0 Å². The largest absolute Gasteiger partial charge is 0.336 e. The maximum absolute atomic E-state index is 11.4. The number of aryl methyl sites for hydroxylation is 1. The van der Waals surface area contributed by atoms with E-state index in [0.717, 1.165) is 11.3 Å². The Morgan fingerprint density at radius 3 is 2.93 bits per heavy atom. The van der Waals surface area contributed by atoms with Gasteiger partial charge in [-0.05, 0) is 24.6 Å². The maximum atomic E-state index is 11.4. The van der Waals surface area contributed by atoms with Crippen molar-refractivity contribution < 1.29 is 4.79 Å². The Hall–Kier alpha value is -1.22. The molecule has 1 N–H and O–H groups in total. The van der Waals surface area contributed by atoms with Gasteiger partial charge in [0.25, 0.3) is 0 Å². The highest BCUT2D eigenvalue weighted by molar-refractivity contribution is 6.33. The Balaban J connectivity index is 2.39. The number of nitrogens with zero attached hydrogens (tertiary/aromatic N) is 1. The van der Waals surface area contributed by atoms with Gasteiger partial charge in [0.05, 0.1) is 10.7 Å². The van der Waals surface area contributed by atoms with Crippen LogP contribution in [0.25, 0.3) is 0 Å². The van der Waals surface area contributed by atoms with Crippen molar-refractivity contribution in [2.75, 3.05) is 18.0 Å². The third-order valence-corrected chi connectivity index (χ3v) is 2.57. The minimum absolute atomic E-state index is 0.0718. The first-order valence-corrected chi connectivity index (χ1v) is 4.88. The van der Waals surface area contributed by atoms with Gasteiger partial charge < -0.3 is 5.32 Å². The van der Waals surface area contributed by atoms with Crippen LogP contribution >= 0.6 is 11.6 Å². The van der Waals surface area contributed by atoms with Gasteiger partial charge in [0.2, 0.25) is 0 Å². The molecule has 0 atom stereocenters. The third-order valence-electron chi connectivity index (χ3n) is 2.25. The van der Waals surface area contributed by atoms with Crippen LogP contribution in [0.15, 0.2) is 18.2 Å². The van der Waals surface area contributed by atoms with Crippen molar-refractivity contribution in [1.82, 2.24) is 5.32 Å². The second-order valence-electron chi connectivity index (χ2n) is 3.34. The molecule has 3 nitrogen and oxygen atoms in total. The summed E-state index contributed by atoms with van der Waals surface area (Å²) in [5, 5.41) is 3.36. The molecule has 0 radical (unpaired) electrons. The van der Waals surface area contributed by atoms with Crippen LogP contribution < -0.4 is 10.2 Å². The minimum Gasteiger partial charge on any atom is -0.336 e. The molecule has 0 spiro atoms. The second-order valence-corrected chi connectivity index (χ2v) is 3.75. The van der Waals surface area contributed by atoms with Crippen LogP contribution in [0.4, 0.5) is 10.5 Å². The standard InChI is InChI=1S/C10H11ClN2O/c1-7-2-3-8(11)9(6-7)13-5-4-12-10(13)14/h2-3,6H,4-5H2,1H3,(H,12,14). The fraction of sp³-hybridized carbons (Fsp3) is 0.300. The van der Waals surface area contributed by atoms with E-state index in [1.54, 1.807) is 4.90 Å². The fourth-order valence-corrected chi connectivity index (χ4v) is 1.75. The van der Waals surface area contributed by atoms with Crippen LogP contribution in [0.2, 0.25) is 5.02 Å². The number of nitrogens with one attached hydrogen (secondary N) is 1. The summed E-state index contributed by atoms with van der Waals surface area (Å²) >= 11 is 6.02. The first kappa shape index (κ1) is 9.34. The van der Waals surface area contributed by atoms with E-state index in [0.29, 0.717) is 18.1 Å². The summed E-state index contributed by atoms with van der Waals surface area (Å²) in [6.07, 6.45) is 0. The van der Waals surface area contributed by atoms with Crippen LogP contribution in [0.3, 0.4) is 0 Å². The third kappa shape index (κ3) is 1.55. The molecular weight excluding hydrogens is 200 g/mol. The normalized spacial score (nSPS) is 15.9. The number of halogens is 1. The van der Waals surface area contributed by atoms with E-state index in [4.69, 9.17) is 11.6 Å².